The van der Waals surface area contributed by atoms with E-state index in [1.807, 2.05) is 60.4 Å². The summed E-state index contributed by atoms with van der Waals surface area (Å²) >= 11 is 0. The average Bonchev–Trinajstić information content (AvgIpc) is 3.23. The van der Waals surface area contributed by atoms with Gasteiger partial charge in [0, 0.05) is 49.2 Å². The fourth-order valence-electron chi connectivity index (χ4n) is 3.47. The Bertz CT molecular complexity index is 1290. The molecule has 0 aliphatic carbocycles. The standard InChI is InChI=1S/C24H24N6O/c1-26-12-20(11-25)16-4-5-18-13-28-24(10-19(18)8-16)29-21-7-6-17(9-23(21)31-3)22-14-27-15-30(22)2/h4-15H,25H2,1-3H3,(H,28,29). The van der Waals surface area contributed by atoms with E-state index >= 15 is 0 Å². The van der Waals surface area contributed by atoms with E-state index in [1.54, 1.807) is 32.9 Å². The second-order valence-electron chi connectivity index (χ2n) is 7.07. The van der Waals surface area contributed by atoms with E-state index in [4.69, 9.17) is 10.5 Å². The van der Waals surface area contributed by atoms with E-state index < -0.39 is 0 Å². The first-order chi connectivity index (χ1) is 15.1. The molecule has 0 bridgehead atoms. The molecule has 3 N–H and O–H groups in total. The van der Waals surface area contributed by atoms with Crippen LogP contribution in [0.4, 0.5) is 11.5 Å². The van der Waals surface area contributed by atoms with Crippen molar-refractivity contribution in [3.8, 4) is 17.0 Å². The lowest BCUT2D eigenvalue weighted by Crippen LogP contribution is -1.98. The largest absolute Gasteiger partial charge is 0.495 e. The molecule has 2 aromatic carbocycles. The fraction of sp³-hybridized carbons (Fsp3) is 0.125. The lowest BCUT2D eigenvalue weighted by molar-refractivity contribution is 0.417. The maximum atomic E-state index is 5.76. The third kappa shape index (κ3) is 4.11. The van der Waals surface area contributed by atoms with Gasteiger partial charge in [0.15, 0.2) is 0 Å². The molecule has 0 aliphatic rings. The van der Waals surface area contributed by atoms with Gasteiger partial charge >= 0.3 is 0 Å². The Hall–Kier alpha value is -4.13. The number of hydrogen-bond donors (Lipinski definition) is 2. The number of anilines is 2. The van der Waals surface area contributed by atoms with Crippen LogP contribution in [0.5, 0.6) is 5.75 Å². The molecular formula is C24H24N6O. The minimum Gasteiger partial charge on any atom is -0.495 e. The fourth-order valence-corrected chi connectivity index (χ4v) is 3.47. The maximum absolute atomic E-state index is 5.76. The first-order valence-corrected chi connectivity index (χ1v) is 9.79. The molecule has 0 saturated carbocycles. The van der Waals surface area contributed by atoms with Gasteiger partial charge in [-0.15, -0.1) is 0 Å². The van der Waals surface area contributed by atoms with Crippen molar-refractivity contribution in [3.05, 3.63) is 72.9 Å². The molecule has 0 radical (unpaired) electrons. The Morgan fingerprint density at radius 1 is 1.13 bits per heavy atom. The number of fused-ring (bicyclic) bond motifs is 1. The SMILES string of the molecule is CN=CC(=CN)c1ccc2cnc(Nc3ccc(-c4cncn4C)cc3OC)cc2c1. The van der Waals surface area contributed by atoms with Crippen molar-refractivity contribution < 1.29 is 4.74 Å². The molecule has 4 aromatic rings. The summed E-state index contributed by atoms with van der Waals surface area (Å²) in [5.41, 5.74) is 10.5. The number of aryl methyl sites for hydroxylation is 1. The number of ether oxygens (including phenoxy) is 1. The molecule has 7 nitrogen and oxygen atoms in total. The maximum Gasteiger partial charge on any atom is 0.143 e. The summed E-state index contributed by atoms with van der Waals surface area (Å²) < 4.78 is 7.59. The van der Waals surface area contributed by atoms with Crippen LogP contribution in [0.3, 0.4) is 0 Å². The first kappa shape index (κ1) is 20.2. The summed E-state index contributed by atoms with van der Waals surface area (Å²) in [5, 5.41) is 5.45. The monoisotopic (exact) mass is 412 g/mol. The van der Waals surface area contributed by atoms with Crippen LogP contribution in [0.1, 0.15) is 5.56 Å². The summed E-state index contributed by atoms with van der Waals surface area (Å²) in [6, 6.07) is 14.1. The van der Waals surface area contributed by atoms with Gasteiger partial charge in [0.25, 0.3) is 0 Å². The van der Waals surface area contributed by atoms with Crippen molar-refractivity contribution in [1.29, 1.82) is 0 Å². The number of nitrogens with one attached hydrogen (secondary N) is 1. The molecule has 31 heavy (non-hydrogen) atoms. The van der Waals surface area contributed by atoms with Gasteiger partial charge in [-0.3, -0.25) is 4.99 Å². The second-order valence-corrected chi connectivity index (χ2v) is 7.07. The molecule has 0 fully saturated rings. The van der Waals surface area contributed by atoms with Gasteiger partial charge in [-0.1, -0.05) is 18.2 Å². The number of methoxy groups -OCH3 is 1. The third-order valence-electron chi connectivity index (χ3n) is 5.08. The third-order valence-corrected chi connectivity index (χ3v) is 5.08. The highest BCUT2D eigenvalue weighted by molar-refractivity contribution is 6.10. The Labute approximate surface area is 180 Å². The summed E-state index contributed by atoms with van der Waals surface area (Å²) in [4.78, 5) is 12.8. The number of allylic oxidation sites excluding steroid dienone is 1. The Balaban J connectivity index is 1.67. The van der Waals surface area contributed by atoms with Crippen molar-refractivity contribution in [1.82, 2.24) is 14.5 Å². The smallest absolute Gasteiger partial charge is 0.143 e. The van der Waals surface area contributed by atoms with E-state index in [0.29, 0.717) is 0 Å². The molecule has 0 aliphatic heterocycles. The number of rotatable bonds is 6. The predicted octanol–water partition coefficient (Wildman–Crippen LogP) is 4.39. The van der Waals surface area contributed by atoms with Gasteiger partial charge in [0.2, 0.25) is 0 Å². The van der Waals surface area contributed by atoms with Crippen molar-refractivity contribution >= 4 is 34.1 Å². The zero-order valence-electron chi connectivity index (χ0n) is 17.7. The van der Waals surface area contributed by atoms with Crippen LogP contribution in [-0.2, 0) is 7.05 Å². The lowest BCUT2D eigenvalue weighted by Gasteiger charge is -2.13. The van der Waals surface area contributed by atoms with Crippen LogP contribution in [0.15, 0.2) is 72.4 Å². The summed E-state index contributed by atoms with van der Waals surface area (Å²) in [6.07, 6.45) is 8.76. The molecule has 0 unspecified atom stereocenters. The number of nitrogens with two attached hydrogens (primary N) is 1. The number of pyridine rings is 1. The highest BCUT2D eigenvalue weighted by Crippen LogP contribution is 2.33. The molecule has 4 rings (SSSR count). The van der Waals surface area contributed by atoms with Gasteiger partial charge in [0.1, 0.15) is 11.6 Å². The second kappa shape index (κ2) is 8.71. The number of imidazole rings is 1. The Kier molecular flexibility index (Phi) is 5.66. The molecule has 2 heterocycles. The number of nitrogens with zero attached hydrogens (tertiary/aromatic N) is 4. The van der Waals surface area contributed by atoms with Gasteiger partial charge in [-0.25, -0.2) is 9.97 Å². The quantitative estimate of drug-likeness (QED) is 0.459. The van der Waals surface area contributed by atoms with E-state index in [2.05, 4.69) is 26.3 Å². The summed E-state index contributed by atoms with van der Waals surface area (Å²) in [6.45, 7) is 0. The minimum atomic E-state index is 0.721. The lowest BCUT2D eigenvalue weighted by atomic mass is 10.0. The van der Waals surface area contributed by atoms with Crippen LogP contribution >= 0.6 is 0 Å². The molecular weight excluding hydrogens is 388 g/mol. The number of aliphatic imine (C=N–C) groups is 1. The van der Waals surface area contributed by atoms with E-state index in [-0.39, 0.29) is 0 Å². The zero-order chi connectivity index (χ0) is 21.8. The van der Waals surface area contributed by atoms with Gasteiger partial charge in [-0.05, 0) is 35.2 Å². The first-order valence-electron chi connectivity index (χ1n) is 9.79. The normalized spacial score (nSPS) is 11.9. The zero-order valence-corrected chi connectivity index (χ0v) is 17.7. The molecule has 0 atom stereocenters. The molecule has 7 heteroatoms. The number of benzene rings is 2. The Morgan fingerprint density at radius 3 is 2.71 bits per heavy atom. The van der Waals surface area contributed by atoms with Crippen molar-refractivity contribution in [2.24, 2.45) is 17.8 Å². The van der Waals surface area contributed by atoms with Gasteiger partial charge in [0.05, 0.1) is 31.0 Å². The van der Waals surface area contributed by atoms with E-state index in [9.17, 15) is 0 Å². The van der Waals surface area contributed by atoms with Gasteiger partial charge < -0.3 is 20.4 Å². The van der Waals surface area contributed by atoms with Crippen molar-refractivity contribution in [2.45, 2.75) is 0 Å². The predicted molar refractivity (Wildman–Crippen MR) is 127 cm³/mol. The van der Waals surface area contributed by atoms with Crippen molar-refractivity contribution in [3.63, 3.8) is 0 Å². The van der Waals surface area contributed by atoms with E-state index in [0.717, 1.165) is 50.4 Å². The van der Waals surface area contributed by atoms with Gasteiger partial charge in [-0.2, -0.15) is 0 Å². The average molecular weight is 412 g/mol. The highest BCUT2D eigenvalue weighted by Gasteiger charge is 2.10. The van der Waals surface area contributed by atoms with Crippen molar-refractivity contribution in [2.75, 3.05) is 19.5 Å². The molecule has 156 valence electrons. The summed E-state index contributed by atoms with van der Waals surface area (Å²) in [7, 11) is 5.35. The number of aromatic nitrogens is 3. The van der Waals surface area contributed by atoms with Crippen LogP contribution in [-0.4, -0.2) is 34.9 Å². The molecule has 0 saturated heterocycles. The molecule has 2 aromatic heterocycles. The van der Waals surface area contributed by atoms with Crippen LogP contribution in [0.2, 0.25) is 0 Å². The molecule has 0 amide bonds. The van der Waals surface area contributed by atoms with Crippen LogP contribution in [0, 0.1) is 0 Å². The van der Waals surface area contributed by atoms with Crippen LogP contribution < -0.4 is 15.8 Å². The van der Waals surface area contributed by atoms with Crippen LogP contribution in [0.25, 0.3) is 27.6 Å². The summed E-state index contributed by atoms with van der Waals surface area (Å²) in [5.74, 6) is 1.44. The minimum absolute atomic E-state index is 0.721. The Morgan fingerprint density at radius 2 is 2.00 bits per heavy atom. The highest BCUT2D eigenvalue weighted by atomic mass is 16.5. The topological polar surface area (TPSA) is 90.4 Å². The number of hydrogen-bond acceptors (Lipinski definition) is 6. The molecule has 0 spiro atoms. The van der Waals surface area contributed by atoms with E-state index in [1.165, 1.54) is 0 Å².